The minimum Gasteiger partial charge on any atom is -0.502 e. The SMILES string of the molecule is O=[N+]([O-])c1cc(Cl)cc(CN2CCC[C@H]2CO)c1O. The van der Waals surface area contributed by atoms with Crippen LogP contribution in [0.15, 0.2) is 12.1 Å². The molecule has 0 aliphatic carbocycles. The highest BCUT2D eigenvalue weighted by Gasteiger charge is 2.26. The predicted molar refractivity (Wildman–Crippen MR) is 70.3 cm³/mol. The molecule has 0 aromatic heterocycles. The van der Waals surface area contributed by atoms with Crippen LogP contribution in [0.25, 0.3) is 0 Å². The molecule has 0 spiro atoms. The molecule has 0 unspecified atom stereocenters. The van der Waals surface area contributed by atoms with E-state index >= 15 is 0 Å². The number of benzene rings is 1. The number of nitro benzene ring substituents is 1. The van der Waals surface area contributed by atoms with E-state index in [0.717, 1.165) is 25.5 Å². The van der Waals surface area contributed by atoms with Gasteiger partial charge in [-0.25, -0.2) is 0 Å². The third-order valence-electron chi connectivity index (χ3n) is 3.41. The molecule has 1 saturated heterocycles. The first-order valence-corrected chi connectivity index (χ1v) is 6.41. The van der Waals surface area contributed by atoms with Gasteiger partial charge in [-0.2, -0.15) is 0 Å². The summed E-state index contributed by atoms with van der Waals surface area (Å²) in [7, 11) is 0. The highest BCUT2D eigenvalue weighted by molar-refractivity contribution is 6.31. The summed E-state index contributed by atoms with van der Waals surface area (Å²) in [6.45, 7) is 1.19. The Kier molecular flexibility index (Phi) is 4.24. The van der Waals surface area contributed by atoms with E-state index < -0.39 is 4.92 Å². The average Bonchev–Trinajstić information content (AvgIpc) is 2.80. The van der Waals surface area contributed by atoms with Gasteiger partial charge in [0.05, 0.1) is 11.5 Å². The van der Waals surface area contributed by atoms with E-state index in [9.17, 15) is 20.3 Å². The smallest absolute Gasteiger partial charge is 0.312 e. The van der Waals surface area contributed by atoms with Gasteiger partial charge in [0.15, 0.2) is 5.75 Å². The van der Waals surface area contributed by atoms with Crippen molar-refractivity contribution in [3.8, 4) is 5.75 Å². The molecule has 1 fully saturated rings. The lowest BCUT2D eigenvalue weighted by molar-refractivity contribution is -0.385. The number of phenols is 1. The number of aliphatic hydroxyl groups excluding tert-OH is 1. The van der Waals surface area contributed by atoms with Crippen LogP contribution >= 0.6 is 11.6 Å². The summed E-state index contributed by atoms with van der Waals surface area (Å²) in [4.78, 5) is 12.2. The van der Waals surface area contributed by atoms with Gasteiger partial charge in [0.1, 0.15) is 0 Å². The molecule has 6 nitrogen and oxygen atoms in total. The van der Waals surface area contributed by atoms with Gasteiger partial charge in [-0.15, -0.1) is 0 Å². The molecule has 1 atom stereocenters. The van der Waals surface area contributed by atoms with Gasteiger partial charge in [-0.1, -0.05) is 11.6 Å². The summed E-state index contributed by atoms with van der Waals surface area (Å²) < 4.78 is 0. The van der Waals surface area contributed by atoms with Crippen LogP contribution in [-0.4, -0.2) is 39.2 Å². The van der Waals surface area contributed by atoms with Crippen LogP contribution in [0.3, 0.4) is 0 Å². The fourth-order valence-corrected chi connectivity index (χ4v) is 2.66. The predicted octanol–water partition coefficient (Wildman–Crippen LogP) is 1.91. The van der Waals surface area contributed by atoms with E-state index in [2.05, 4.69) is 0 Å². The van der Waals surface area contributed by atoms with Crippen molar-refractivity contribution in [1.82, 2.24) is 4.90 Å². The first-order chi connectivity index (χ1) is 9.02. The number of halogens is 1. The maximum absolute atomic E-state index is 10.8. The Morgan fingerprint density at radius 1 is 1.53 bits per heavy atom. The molecule has 0 amide bonds. The topological polar surface area (TPSA) is 86.8 Å². The summed E-state index contributed by atoms with van der Waals surface area (Å²) in [5, 5.41) is 30.2. The molecule has 1 aliphatic rings. The Hall–Kier alpha value is -1.37. The van der Waals surface area contributed by atoms with Gasteiger partial charge in [-0.3, -0.25) is 15.0 Å². The third kappa shape index (κ3) is 2.97. The molecule has 104 valence electrons. The molecule has 1 aliphatic heterocycles. The largest absolute Gasteiger partial charge is 0.502 e. The highest BCUT2D eigenvalue weighted by atomic mass is 35.5. The lowest BCUT2D eigenvalue weighted by atomic mass is 10.1. The highest BCUT2D eigenvalue weighted by Crippen LogP contribution is 2.35. The van der Waals surface area contributed by atoms with Gasteiger partial charge in [-0.05, 0) is 25.5 Å². The Morgan fingerprint density at radius 3 is 2.89 bits per heavy atom. The van der Waals surface area contributed by atoms with Gasteiger partial charge >= 0.3 is 5.69 Å². The van der Waals surface area contributed by atoms with Gasteiger partial charge in [0, 0.05) is 29.2 Å². The number of nitro groups is 1. The van der Waals surface area contributed by atoms with E-state index in [1.165, 1.54) is 6.07 Å². The van der Waals surface area contributed by atoms with E-state index in [1.807, 2.05) is 4.90 Å². The summed E-state index contributed by atoms with van der Waals surface area (Å²) in [6.07, 6.45) is 1.86. The number of hydrogen-bond acceptors (Lipinski definition) is 5. The maximum Gasteiger partial charge on any atom is 0.312 e. The molecular formula is C12H15ClN2O4. The maximum atomic E-state index is 10.8. The van der Waals surface area contributed by atoms with Crippen LogP contribution in [0.2, 0.25) is 5.02 Å². The number of rotatable bonds is 4. The number of likely N-dealkylation sites (tertiary alicyclic amines) is 1. The van der Waals surface area contributed by atoms with Crippen molar-refractivity contribution in [2.75, 3.05) is 13.2 Å². The Morgan fingerprint density at radius 2 is 2.26 bits per heavy atom. The number of hydrogen-bond donors (Lipinski definition) is 2. The van der Waals surface area contributed by atoms with Crippen LogP contribution in [-0.2, 0) is 6.54 Å². The number of phenolic OH excluding ortho intramolecular Hbond substituents is 1. The van der Waals surface area contributed by atoms with Crippen molar-refractivity contribution in [3.05, 3.63) is 32.8 Å². The van der Waals surface area contributed by atoms with Crippen LogP contribution in [0, 0.1) is 10.1 Å². The molecule has 2 N–H and O–H groups in total. The monoisotopic (exact) mass is 286 g/mol. The lowest BCUT2D eigenvalue weighted by Crippen LogP contribution is -2.31. The normalized spacial score (nSPS) is 19.8. The van der Waals surface area contributed by atoms with Crippen molar-refractivity contribution >= 4 is 17.3 Å². The summed E-state index contributed by atoms with van der Waals surface area (Å²) >= 11 is 5.84. The average molecular weight is 287 g/mol. The molecule has 1 aromatic rings. The fraction of sp³-hybridized carbons (Fsp3) is 0.500. The summed E-state index contributed by atoms with van der Waals surface area (Å²) in [5.41, 5.74) is 0.0294. The van der Waals surface area contributed by atoms with E-state index in [4.69, 9.17) is 11.6 Å². The zero-order chi connectivity index (χ0) is 14.0. The molecule has 0 saturated carbocycles. The molecule has 1 aromatic carbocycles. The van der Waals surface area contributed by atoms with Crippen molar-refractivity contribution in [3.63, 3.8) is 0 Å². The number of aliphatic hydroxyl groups is 1. The van der Waals surface area contributed by atoms with Crippen molar-refractivity contribution in [1.29, 1.82) is 0 Å². The van der Waals surface area contributed by atoms with E-state index in [1.54, 1.807) is 0 Å². The molecule has 0 radical (unpaired) electrons. The van der Waals surface area contributed by atoms with Crippen molar-refractivity contribution < 1.29 is 15.1 Å². The van der Waals surface area contributed by atoms with Gasteiger partial charge in [0.25, 0.3) is 0 Å². The van der Waals surface area contributed by atoms with Crippen molar-refractivity contribution in [2.24, 2.45) is 0 Å². The van der Waals surface area contributed by atoms with Crippen LogP contribution in [0.5, 0.6) is 5.75 Å². The van der Waals surface area contributed by atoms with E-state index in [0.29, 0.717) is 12.1 Å². The number of aromatic hydroxyl groups is 1. The lowest BCUT2D eigenvalue weighted by Gasteiger charge is -2.23. The first kappa shape index (κ1) is 14.0. The summed E-state index contributed by atoms with van der Waals surface area (Å²) in [6, 6.07) is 2.70. The standard InChI is InChI=1S/C12H15ClN2O4/c13-9-4-8(12(17)11(5-9)15(18)19)6-14-3-1-2-10(14)7-16/h4-5,10,16-17H,1-3,6-7H2/t10-/m0/s1. The minimum atomic E-state index is -0.655. The molecular weight excluding hydrogens is 272 g/mol. The van der Waals surface area contributed by atoms with Gasteiger partial charge < -0.3 is 10.2 Å². The minimum absolute atomic E-state index is 0.0393. The van der Waals surface area contributed by atoms with Crippen molar-refractivity contribution in [2.45, 2.75) is 25.4 Å². The fourth-order valence-electron chi connectivity index (χ4n) is 2.43. The second-order valence-corrected chi connectivity index (χ2v) is 5.08. The number of nitrogens with zero attached hydrogens (tertiary/aromatic N) is 2. The van der Waals surface area contributed by atoms with E-state index in [-0.39, 0.29) is 29.1 Å². The third-order valence-corrected chi connectivity index (χ3v) is 3.63. The molecule has 1 heterocycles. The quantitative estimate of drug-likeness (QED) is 0.652. The van der Waals surface area contributed by atoms with Crippen LogP contribution < -0.4 is 0 Å². The Bertz CT molecular complexity index is 495. The summed E-state index contributed by atoms with van der Waals surface area (Å²) in [5.74, 6) is -0.349. The molecule has 2 rings (SSSR count). The van der Waals surface area contributed by atoms with Crippen LogP contribution in [0.1, 0.15) is 18.4 Å². The Balaban J connectivity index is 2.27. The zero-order valence-corrected chi connectivity index (χ0v) is 11.0. The molecule has 0 bridgehead atoms. The zero-order valence-electron chi connectivity index (χ0n) is 10.3. The second-order valence-electron chi connectivity index (χ2n) is 4.64. The van der Waals surface area contributed by atoms with Gasteiger partial charge in [0.2, 0.25) is 0 Å². The Labute approximate surface area is 115 Å². The molecule has 19 heavy (non-hydrogen) atoms. The molecule has 7 heteroatoms. The first-order valence-electron chi connectivity index (χ1n) is 6.03. The second kappa shape index (κ2) is 5.73. The van der Waals surface area contributed by atoms with Crippen LogP contribution in [0.4, 0.5) is 5.69 Å².